The molecule has 2 aromatic rings. The first-order valence-electron chi connectivity index (χ1n) is 6.51. The smallest absolute Gasteiger partial charge is 0.284 e. The van der Waals surface area contributed by atoms with Gasteiger partial charge < -0.3 is 15.6 Å². The molecule has 0 unspecified atom stereocenters. The highest BCUT2D eigenvalue weighted by atomic mass is 16.1. The molecule has 0 bridgehead atoms. The molecule has 1 aromatic carbocycles. The van der Waals surface area contributed by atoms with Crippen LogP contribution in [0.25, 0.3) is 0 Å². The minimum atomic E-state index is -0.539. The third-order valence-electron chi connectivity index (χ3n) is 3.19. The Morgan fingerprint density at radius 1 is 1.40 bits per heavy atom. The lowest BCUT2D eigenvalue weighted by Gasteiger charge is -2.28. The van der Waals surface area contributed by atoms with E-state index in [-0.39, 0.29) is 11.4 Å². The molecule has 0 aliphatic carbocycles. The second-order valence-corrected chi connectivity index (χ2v) is 5.33. The highest BCUT2D eigenvalue weighted by molar-refractivity contribution is 5.89. The molecule has 0 saturated heterocycles. The van der Waals surface area contributed by atoms with Gasteiger partial charge in [-0.25, -0.2) is 4.98 Å². The van der Waals surface area contributed by atoms with Crippen LogP contribution in [-0.2, 0) is 12.1 Å². The van der Waals surface area contributed by atoms with Crippen molar-refractivity contribution in [3.63, 3.8) is 0 Å². The SMILES string of the molecule is CC(C)(CNCc1ccccc1)n1c[c]nc1C(N)=O. The van der Waals surface area contributed by atoms with Crippen molar-refractivity contribution < 1.29 is 4.79 Å². The van der Waals surface area contributed by atoms with Crippen molar-refractivity contribution in [1.29, 1.82) is 0 Å². The van der Waals surface area contributed by atoms with Crippen LogP contribution in [0.2, 0.25) is 0 Å². The van der Waals surface area contributed by atoms with Gasteiger partial charge in [0.2, 0.25) is 0 Å². The van der Waals surface area contributed by atoms with Gasteiger partial charge in [0, 0.05) is 19.3 Å². The molecule has 0 spiro atoms. The summed E-state index contributed by atoms with van der Waals surface area (Å²) in [4.78, 5) is 15.2. The summed E-state index contributed by atoms with van der Waals surface area (Å²) in [5.74, 6) is -0.307. The molecule has 0 aliphatic rings. The number of amides is 1. The Bertz CT molecular complexity index is 575. The van der Waals surface area contributed by atoms with Crippen LogP contribution in [-0.4, -0.2) is 22.0 Å². The molecule has 1 heterocycles. The minimum Gasteiger partial charge on any atom is -0.363 e. The predicted molar refractivity (Wildman–Crippen MR) is 77.1 cm³/mol. The molecular weight excluding hydrogens is 252 g/mol. The molecule has 1 aromatic heterocycles. The van der Waals surface area contributed by atoms with Crippen molar-refractivity contribution >= 4 is 5.91 Å². The maximum Gasteiger partial charge on any atom is 0.284 e. The molecule has 20 heavy (non-hydrogen) atoms. The quantitative estimate of drug-likeness (QED) is 0.832. The van der Waals surface area contributed by atoms with Crippen molar-refractivity contribution in [1.82, 2.24) is 14.9 Å². The highest BCUT2D eigenvalue weighted by Gasteiger charge is 2.24. The van der Waals surface area contributed by atoms with Gasteiger partial charge in [-0.15, -0.1) is 0 Å². The first-order chi connectivity index (χ1) is 9.50. The van der Waals surface area contributed by atoms with Gasteiger partial charge >= 0.3 is 0 Å². The fourth-order valence-electron chi connectivity index (χ4n) is 2.09. The summed E-state index contributed by atoms with van der Waals surface area (Å²) in [6.07, 6.45) is 4.34. The van der Waals surface area contributed by atoms with E-state index >= 15 is 0 Å². The number of primary amides is 1. The Balaban J connectivity index is 2.00. The van der Waals surface area contributed by atoms with Crippen LogP contribution in [0.4, 0.5) is 0 Å². The van der Waals surface area contributed by atoms with E-state index in [1.165, 1.54) is 5.56 Å². The van der Waals surface area contributed by atoms with E-state index in [0.29, 0.717) is 6.54 Å². The molecular formula is C15H19N4O. The maximum absolute atomic E-state index is 11.3. The Morgan fingerprint density at radius 3 is 2.75 bits per heavy atom. The summed E-state index contributed by atoms with van der Waals surface area (Å²) in [7, 11) is 0. The topological polar surface area (TPSA) is 72.9 Å². The van der Waals surface area contributed by atoms with Gasteiger partial charge in [-0.05, 0) is 19.4 Å². The Labute approximate surface area is 118 Å². The van der Waals surface area contributed by atoms with Crippen molar-refractivity contribution in [3.8, 4) is 0 Å². The van der Waals surface area contributed by atoms with Crippen LogP contribution in [0, 0.1) is 6.20 Å². The zero-order valence-corrected chi connectivity index (χ0v) is 11.8. The lowest BCUT2D eigenvalue weighted by Crippen LogP contribution is -2.40. The summed E-state index contributed by atoms with van der Waals surface area (Å²) < 4.78 is 1.76. The normalized spacial score (nSPS) is 11.5. The summed E-state index contributed by atoms with van der Waals surface area (Å²) in [6.45, 7) is 5.50. The number of nitrogens with one attached hydrogen (secondary N) is 1. The molecule has 1 amide bonds. The van der Waals surface area contributed by atoms with Gasteiger partial charge in [-0.2, -0.15) is 0 Å². The van der Waals surface area contributed by atoms with E-state index in [1.54, 1.807) is 10.8 Å². The maximum atomic E-state index is 11.3. The van der Waals surface area contributed by atoms with Crippen molar-refractivity contribution in [2.75, 3.05) is 6.54 Å². The number of nitrogens with two attached hydrogens (primary N) is 1. The lowest BCUT2D eigenvalue weighted by molar-refractivity contribution is 0.0978. The molecule has 3 N–H and O–H groups in total. The van der Waals surface area contributed by atoms with Crippen molar-refractivity contribution in [2.45, 2.75) is 25.9 Å². The van der Waals surface area contributed by atoms with Gasteiger partial charge in [0.1, 0.15) is 6.20 Å². The van der Waals surface area contributed by atoms with Gasteiger partial charge in [0.25, 0.3) is 5.91 Å². The summed E-state index contributed by atoms with van der Waals surface area (Å²) in [5.41, 5.74) is 6.22. The van der Waals surface area contributed by atoms with Crippen LogP contribution in [0.3, 0.4) is 0 Å². The Hall–Kier alpha value is -2.14. The number of hydrogen-bond donors (Lipinski definition) is 2. The van der Waals surface area contributed by atoms with E-state index < -0.39 is 5.91 Å². The number of imidazole rings is 1. The number of carbonyl (C=O) groups is 1. The molecule has 0 atom stereocenters. The number of hydrogen-bond acceptors (Lipinski definition) is 3. The Kier molecular flexibility index (Phi) is 4.20. The minimum absolute atomic E-state index is 0.233. The van der Waals surface area contributed by atoms with E-state index in [4.69, 9.17) is 5.73 Å². The number of benzene rings is 1. The van der Waals surface area contributed by atoms with Crippen LogP contribution >= 0.6 is 0 Å². The molecule has 1 radical (unpaired) electrons. The third kappa shape index (κ3) is 3.24. The van der Waals surface area contributed by atoms with E-state index in [2.05, 4.69) is 28.6 Å². The van der Waals surface area contributed by atoms with Crippen LogP contribution in [0.5, 0.6) is 0 Å². The average molecular weight is 271 g/mol. The fourth-order valence-corrected chi connectivity index (χ4v) is 2.09. The van der Waals surface area contributed by atoms with Crippen molar-refractivity contribution in [2.24, 2.45) is 5.73 Å². The highest BCUT2D eigenvalue weighted by Crippen LogP contribution is 2.16. The fraction of sp³-hybridized carbons (Fsp3) is 0.333. The first kappa shape index (κ1) is 14.3. The summed E-state index contributed by atoms with van der Waals surface area (Å²) in [6, 6.07) is 10.2. The number of aromatic nitrogens is 2. The number of rotatable bonds is 6. The second kappa shape index (κ2) is 5.88. The van der Waals surface area contributed by atoms with Gasteiger partial charge in [0.15, 0.2) is 5.82 Å². The molecule has 0 fully saturated rings. The van der Waals surface area contributed by atoms with E-state index in [9.17, 15) is 4.79 Å². The zero-order chi connectivity index (χ0) is 14.6. The monoisotopic (exact) mass is 271 g/mol. The molecule has 5 heteroatoms. The van der Waals surface area contributed by atoms with Crippen LogP contribution in [0.15, 0.2) is 36.5 Å². The van der Waals surface area contributed by atoms with Gasteiger partial charge in [0.05, 0.1) is 5.54 Å². The second-order valence-electron chi connectivity index (χ2n) is 5.33. The predicted octanol–water partition coefficient (Wildman–Crippen LogP) is 1.31. The first-order valence-corrected chi connectivity index (χ1v) is 6.51. The van der Waals surface area contributed by atoms with Gasteiger partial charge in [-0.1, -0.05) is 30.3 Å². The number of nitrogens with zero attached hydrogens (tertiary/aromatic N) is 2. The average Bonchev–Trinajstić information content (AvgIpc) is 2.90. The van der Waals surface area contributed by atoms with Crippen LogP contribution in [0.1, 0.15) is 30.0 Å². The summed E-state index contributed by atoms with van der Waals surface area (Å²) in [5, 5.41) is 3.38. The zero-order valence-electron chi connectivity index (χ0n) is 11.8. The summed E-state index contributed by atoms with van der Waals surface area (Å²) >= 11 is 0. The van der Waals surface area contributed by atoms with Gasteiger partial charge in [-0.3, -0.25) is 4.79 Å². The van der Waals surface area contributed by atoms with E-state index in [0.717, 1.165) is 6.54 Å². The van der Waals surface area contributed by atoms with Crippen LogP contribution < -0.4 is 11.1 Å². The molecule has 0 saturated carbocycles. The number of carbonyl (C=O) groups excluding carboxylic acids is 1. The largest absolute Gasteiger partial charge is 0.363 e. The third-order valence-corrected chi connectivity index (χ3v) is 3.19. The standard InChI is InChI=1S/C15H19N4O/c1-15(2,19-9-8-18-14(19)13(16)20)11-17-10-12-6-4-3-5-7-12/h3-7,9,17H,10-11H2,1-2H3,(H2,16,20). The molecule has 5 nitrogen and oxygen atoms in total. The molecule has 0 aliphatic heterocycles. The van der Waals surface area contributed by atoms with Crippen molar-refractivity contribution in [3.05, 3.63) is 54.1 Å². The van der Waals surface area contributed by atoms with E-state index in [1.807, 2.05) is 32.0 Å². The lowest BCUT2D eigenvalue weighted by atomic mass is 10.0. The molecule has 105 valence electrons. The molecule has 2 rings (SSSR count). The Morgan fingerprint density at radius 2 is 2.10 bits per heavy atom.